The lowest BCUT2D eigenvalue weighted by molar-refractivity contribution is 0.0928. The average molecular weight is 269 g/mol. The number of H-pyrrole nitrogens is 1. The highest BCUT2D eigenvalue weighted by molar-refractivity contribution is 5.94. The van der Waals surface area contributed by atoms with E-state index >= 15 is 0 Å². The Morgan fingerprint density at radius 2 is 1.90 bits per heavy atom. The second-order valence-corrected chi connectivity index (χ2v) is 5.32. The molecule has 1 amide bonds. The third-order valence-corrected chi connectivity index (χ3v) is 3.86. The molecule has 4 heteroatoms. The van der Waals surface area contributed by atoms with E-state index in [9.17, 15) is 4.79 Å². The summed E-state index contributed by atoms with van der Waals surface area (Å²) in [6, 6.07) is 7.91. The molecule has 0 aliphatic heterocycles. The van der Waals surface area contributed by atoms with Gasteiger partial charge in [-0.2, -0.15) is 0 Å². The molecule has 1 fully saturated rings. The summed E-state index contributed by atoms with van der Waals surface area (Å²) in [6.45, 7) is 0. The van der Waals surface area contributed by atoms with E-state index in [-0.39, 0.29) is 5.91 Å². The Morgan fingerprint density at radius 1 is 1.15 bits per heavy atom. The van der Waals surface area contributed by atoms with Crippen LogP contribution in [0, 0.1) is 0 Å². The number of carbonyl (C=O) groups excluding carboxylic acids is 1. The Labute approximate surface area is 118 Å². The lowest BCUT2D eigenvalue weighted by Crippen LogP contribution is -2.36. The molecule has 0 bridgehead atoms. The van der Waals surface area contributed by atoms with E-state index < -0.39 is 0 Å². The van der Waals surface area contributed by atoms with Gasteiger partial charge < -0.3 is 10.3 Å². The van der Waals surface area contributed by atoms with Crippen molar-refractivity contribution in [2.75, 3.05) is 0 Å². The molecule has 1 aromatic heterocycles. The van der Waals surface area contributed by atoms with Crippen LogP contribution in [0.3, 0.4) is 0 Å². The minimum atomic E-state index is 0.0305. The van der Waals surface area contributed by atoms with Gasteiger partial charge in [-0.05, 0) is 25.0 Å². The highest BCUT2D eigenvalue weighted by Crippen LogP contribution is 2.19. The van der Waals surface area contributed by atoms with Crippen molar-refractivity contribution in [3.05, 3.63) is 42.2 Å². The first-order valence-electron chi connectivity index (χ1n) is 7.23. The summed E-state index contributed by atoms with van der Waals surface area (Å²) in [7, 11) is 0. The molecule has 20 heavy (non-hydrogen) atoms. The van der Waals surface area contributed by atoms with E-state index in [1.165, 1.54) is 19.3 Å². The van der Waals surface area contributed by atoms with Crippen molar-refractivity contribution in [1.29, 1.82) is 0 Å². The number of nitrogens with one attached hydrogen (secondary N) is 2. The third kappa shape index (κ3) is 2.90. The molecular formula is C16H19N3O. The van der Waals surface area contributed by atoms with Crippen molar-refractivity contribution in [3.8, 4) is 11.4 Å². The van der Waals surface area contributed by atoms with Crippen molar-refractivity contribution in [1.82, 2.24) is 15.3 Å². The number of aromatic amines is 1. The number of aromatic nitrogens is 2. The summed E-state index contributed by atoms with van der Waals surface area (Å²) in [4.78, 5) is 19.4. The molecule has 3 rings (SSSR count). The Kier molecular flexibility index (Phi) is 3.81. The van der Waals surface area contributed by atoms with Gasteiger partial charge in [-0.25, -0.2) is 4.98 Å². The van der Waals surface area contributed by atoms with Gasteiger partial charge in [0, 0.05) is 29.6 Å². The maximum absolute atomic E-state index is 12.2. The van der Waals surface area contributed by atoms with Gasteiger partial charge in [-0.1, -0.05) is 31.4 Å². The first kappa shape index (κ1) is 12.9. The van der Waals surface area contributed by atoms with Gasteiger partial charge in [-0.15, -0.1) is 0 Å². The van der Waals surface area contributed by atoms with Crippen LogP contribution in [0.5, 0.6) is 0 Å². The van der Waals surface area contributed by atoms with E-state index in [0.717, 1.165) is 24.2 Å². The molecule has 0 atom stereocenters. The SMILES string of the molecule is O=C(NC1CCCCC1)c1ccc(-c2ncc[nH]2)cc1. The van der Waals surface area contributed by atoms with E-state index in [2.05, 4.69) is 15.3 Å². The van der Waals surface area contributed by atoms with Crippen molar-refractivity contribution in [3.63, 3.8) is 0 Å². The monoisotopic (exact) mass is 269 g/mol. The second-order valence-electron chi connectivity index (χ2n) is 5.32. The topological polar surface area (TPSA) is 57.8 Å². The molecule has 0 unspecified atom stereocenters. The van der Waals surface area contributed by atoms with Gasteiger partial charge in [-0.3, -0.25) is 4.79 Å². The van der Waals surface area contributed by atoms with Crippen molar-refractivity contribution < 1.29 is 4.79 Å². The van der Waals surface area contributed by atoms with E-state index in [0.29, 0.717) is 11.6 Å². The van der Waals surface area contributed by atoms with Gasteiger partial charge in [0.05, 0.1) is 0 Å². The van der Waals surface area contributed by atoms with Crippen LogP contribution in [0.15, 0.2) is 36.7 Å². The largest absolute Gasteiger partial charge is 0.349 e. The summed E-state index contributed by atoms with van der Waals surface area (Å²) in [6.07, 6.45) is 9.47. The second kappa shape index (κ2) is 5.90. The van der Waals surface area contributed by atoms with Gasteiger partial charge in [0.15, 0.2) is 0 Å². The number of benzene rings is 1. The summed E-state index contributed by atoms with van der Waals surface area (Å²) in [5.41, 5.74) is 1.70. The maximum atomic E-state index is 12.2. The zero-order valence-electron chi connectivity index (χ0n) is 11.4. The maximum Gasteiger partial charge on any atom is 0.251 e. The van der Waals surface area contributed by atoms with Crippen LogP contribution in [0.2, 0.25) is 0 Å². The standard InChI is InChI=1S/C16H19N3O/c20-16(19-14-4-2-1-3-5-14)13-8-6-12(7-9-13)15-17-10-11-18-15/h6-11,14H,1-5H2,(H,17,18)(H,19,20). The minimum absolute atomic E-state index is 0.0305. The molecule has 1 saturated carbocycles. The normalized spacial score (nSPS) is 16.0. The van der Waals surface area contributed by atoms with E-state index in [4.69, 9.17) is 0 Å². The number of hydrogen-bond acceptors (Lipinski definition) is 2. The lowest BCUT2D eigenvalue weighted by Gasteiger charge is -2.22. The Balaban J connectivity index is 1.66. The van der Waals surface area contributed by atoms with Gasteiger partial charge in [0.2, 0.25) is 0 Å². The highest BCUT2D eigenvalue weighted by Gasteiger charge is 2.16. The molecule has 1 heterocycles. The van der Waals surface area contributed by atoms with Crippen LogP contribution in [0.25, 0.3) is 11.4 Å². The zero-order chi connectivity index (χ0) is 13.8. The number of rotatable bonds is 3. The first-order chi connectivity index (χ1) is 9.83. The van der Waals surface area contributed by atoms with Crippen molar-refractivity contribution >= 4 is 5.91 Å². The number of hydrogen-bond donors (Lipinski definition) is 2. The van der Waals surface area contributed by atoms with Gasteiger partial charge in [0.25, 0.3) is 5.91 Å². The van der Waals surface area contributed by atoms with E-state index in [1.54, 1.807) is 12.4 Å². The molecule has 1 aliphatic rings. The van der Waals surface area contributed by atoms with Gasteiger partial charge in [0.1, 0.15) is 5.82 Å². The Hall–Kier alpha value is -2.10. The van der Waals surface area contributed by atoms with Crippen LogP contribution >= 0.6 is 0 Å². The molecule has 0 saturated heterocycles. The molecule has 0 radical (unpaired) electrons. The fraction of sp³-hybridized carbons (Fsp3) is 0.375. The van der Waals surface area contributed by atoms with Crippen LogP contribution < -0.4 is 5.32 Å². The molecule has 2 aromatic rings. The number of carbonyl (C=O) groups is 1. The number of imidazole rings is 1. The third-order valence-electron chi connectivity index (χ3n) is 3.86. The lowest BCUT2D eigenvalue weighted by atomic mass is 9.95. The van der Waals surface area contributed by atoms with Crippen LogP contribution in [-0.2, 0) is 0 Å². The van der Waals surface area contributed by atoms with E-state index in [1.807, 2.05) is 24.3 Å². The van der Waals surface area contributed by atoms with Gasteiger partial charge >= 0.3 is 0 Å². The molecule has 104 valence electrons. The predicted molar refractivity (Wildman–Crippen MR) is 78.4 cm³/mol. The molecule has 2 N–H and O–H groups in total. The highest BCUT2D eigenvalue weighted by atomic mass is 16.1. The average Bonchev–Trinajstić information content (AvgIpc) is 3.03. The molecule has 4 nitrogen and oxygen atoms in total. The molecule has 0 spiro atoms. The first-order valence-corrected chi connectivity index (χ1v) is 7.23. The fourth-order valence-corrected chi connectivity index (χ4v) is 2.72. The predicted octanol–water partition coefficient (Wildman–Crippen LogP) is 3.14. The Morgan fingerprint density at radius 3 is 2.55 bits per heavy atom. The van der Waals surface area contributed by atoms with Crippen LogP contribution in [0.1, 0.15) is 42.5 Å². The van der Waals surface area contributed by atoms with Crippen LogP contribution in [0.4, 0.5) is 0 Å². The van der Waals surface area contributed by atoms with Crippen molar-refractivity contribution in [2.24, 2.45) is 0 Å². The summed E-state index contributed by atoms with van der Waals surface area (Å²) >= 11 is 0. The zero-order valence-corrected chi connectivity index (χ0v) is 11.4. The molecular weight excluding hydrogens is 250 g/mol. The van der Waals surface area contributed by atoms with Crippen molar-refractivity contribution in [2.45, 2.75) is 38.1 Å². The Bertz CT molecular complexity index is 554. The molecule has 1 aliphatic carbocycles. The number of amides is 1. The van der Waals surface area contributed by atoms with Crippen LogP contribution in [-0.4, -0.2) is 21.9 Å². The smallest absolute Gasteiger partial charge is 0.251 e. The summed E-state index contributed by atoms with van der Waals surface area (Å²) < 4.78 is 0. The number of nitrogens with zero attached hydrogens (tertiary/aromatic N) is 1. The summed E-state index contributed by atoms with van der Waals surface area (Å²) in [5.74, 6) is 0.854. The minimum Gasteiger partial charge on any atom is -0.349 e. The summed E-state index contributed by atoms with van der Waals surface area (Å²) in [5, 5.41) is 3.13. The fourth-order valence-electron chi connectivity index (χ4n) is 2.72. The quantitative estimate of drug-likeness (QED) is 0.899. The molecule has 1 aromatic carbocycles.